The van der Waals surface area contributed by atoms with Crippen LogP contribution in [0.5, 0.6) is 0 Å². The van der Waals surface area contributed by atoms with E-state index in [0.29, 0.717) is 0 Å². The third-order valence-electron chi connectivity index (χ3n) is 2.71. The van der Waals surface area contributed by atoms with E-state index in [4.69, 9.17) is 0 Å². The number of amides is 1. The highest BCUT2D eigenvalue weighted by molar-refractivity contribution is 5.97. The zero-order valence-corrected chi connectivity index (χ0v) is 10.7. The molecule has 0 radical (unpaired) electrons. The largest absolute Gasteiger partial charge is 0.355 e. The lowest BCUT2D eigenvalue weighted by Crippen LogP contribution is -2.20. The zero-order valence-electron chi connectivity index (χ0n) is 10.7. The van der Waals surface area contributed by atoms with Crippen LogP contribution >= 0.6 is 0 Å². The van der Waals surface area contributed by atoms with Gasteiger partial charge in [-0.15, -0.1) is 0 Å². The molecule has 2 heteroatoms. The predicted molar refractivity (Wildman–Crippen MR) is 72.6 cm³/mol. The average Bonchev–Trinajstić information content (AvgIpc) is 2.38. The van der Waals surface area contributed by atoms with Gasteiger partial charge in [0.25, 0.3) is 0 Å². The SMILES string of the molecule is CCCCC/C(=C\c1ccccc1)C(=O)NC. The minimum Gasteiger partial charge on any atom is -0.355 e. The lowest BCUT2D eigenvalue weighted by molar-refractivity contribution is -0.117. The second-order valence-corrected chi connectivity index (χ2v) is 4.12. The number of unbranched alkanes of at least 4 members (excludes halogenated alkanes) is 2. The van der Waals surface area contributed by atoms with Gasteiger partial charge in [0, 0.05) is 12.6 Å². The number of carbonyl (C=O) groups excluding carboxylic acids is 1. The third-order valence-corrected chi connectivity index (χ3v) is 2.71. The second-order valence-electron chi connectivity index (χ2n) is 4.12. The fraction of sp³-hybridized carbons (Fsp3) is 0.400. The van der Waals surface area contributed by atoms with Crippen LogP contribution in [0.4, 0.5) is 0 Å². The maximum absolute atomic E-state index is 11.7. The molecule has 0 fully saturated rings. The van der Waals surface area contributed by atoms with Gasteiger partial charge in [-0.3, -0.25) is 4.79 Å². The van der Waals surface area contributed by atoms with Crippen molar-refractivity contribution in [1.82, 2.24) is 5.32 Å². The van der Waals surface area contributed by atoms with Crippen LogP contribution in [-0.2, 0) is 4.79 Å². The van der Waals surface area contributed by atoms with E-state index in [1.54, 1.807) is 7.05 Å². The van der Waals surface area contributed by atoms with Crippen LogP contribution in [0.25, 0.3) is 6.08 Å². The summed E-state index contributed by atoms with van der Waals surface area (Å²) in [6.45, 7) is 2.17. The van der Waals surface area contributed by atoms with E-state index in [1.165, 1.54) is 12.8 Å². The molecule has 0 atom stereocenters. The molecular formula is C15H21NO. The van der Waals surface area contributed by atoms with Gasteiger partial charge in [-0.05, 0) is 24.5 Å². The Balaban J connectivity index is 2.75. The molecule has 1 amide bonds. The minimum atomic E-state index is 0.0324. The Kier molecular flexibility index (Phi) is 6.08. The molecule has 2 nitrogen and oxygen atoms in total. The number of benzene rings is 1. The molecule has 17 heavy (non-hydrogen) atoms. The monoisotopic (exact) mass is 231 g/mol. The van der Waals surface area contributed by atoms with E-state index in [-0.39, 0.29) is 5.91 Å². The van der Waals surface area contributed by atoms with Gasteiger partial charge in [0.2, 0.25) is 5.91 Å². The Bertz CT molecular complexity index is 368. The van der Waals surface area contributed by atoms with Gasteiger partial charge in [-0.2, -0.15) is 0 Å². The van der Waals surface area contributed by atoms with Gasteiger partial charge in [0.1, 0.15) is 0 Å². The highest BCUT2D eigenvalue weighted by Crippen LogP contribution is 2.13. The Morgan fingerprint density at radius 1 is 1.24 bits per heavy atom. The quantitative estimate of drug-likeness (QED) is 0.590. The molecule has 0 aliphatic carbocycles. The van der Waals surface area contributed by atoms with Crippen molar-refractivity contribution in [3.63, 3.8) is 0 Å². The fourth-order valence-electron chi connectivity index (χ4n) is 1.73. The standard InChI is InChI=1S/C15H21NO/c1-3-4-6-11-14(15(17)16-2)12-13-9-7-5-8-10-13/h5,7-10,12H,3-4,6,11H2,1-2H3,(H,16,17)/b14-12+. The Hall–Kier alpha value is -1.57. The van der Waals surface area contributed by atoms with Crippen LogP contribution in [0.2, 0.25) is 0 Å². The summed E-state index contributed by atoms with van der Waals surface area (Å²) in [5.41, 5.74) is 1.95. The maximum Gasteiger partial charge on any atom is 0.246 e. The van der Waals surface area contributed by atoms with Gasteiger partial charge in [-0.1, -0.05) is 50.1 Å². The van der Waals surface area contributed by atoms with Crippen LogP contribution in [-0.4, -0.2) is 13.0 Å². The first kappa shape index (κ1) is 13.5. The Morgan fingerprint density at radius 3 is 2.53 bits per heavy atom. The molecule has 0 bridgehead atoms. The molecule has 1 aromatic carbocycles. The molecule has 0 saturated carbocycles. The summed E-state index contributed by atoms with van der Waals surface area (Å²) in [4.78, 5) is 11.7. The summed E-state index contributed by atoms with van der Waals surface area (Å²) in [5.74, 6) is 0.0324. The van der Waals surface area contributed by atoms with Crippen LogP contribution in [0.1, 0.15) is 38.2 Å². The lowest BCUT2D eigenvalue weighted by Gasteiger charge is -2.06. The molecule has 1 aromatic rings. The van der Waals surface area contributed by atoms with Crippen molar-refractivity contribution in [1.29, 1.82) is 0 Å². The molecule has 1 rings (SSSR count). The summed E-state index contributed by atoms with van der Waals surface area (Å²) >= 11 is 0. The first-order chi connectivity index (χ1) is 8.27. The summed E-state index contributed by atoms with van der Waals surface area (Å²) in [5, 5.41) is 2.71. The summed E-state index contributed by atoms with van der Waals surface area (Å²) < 4.78 is 0. The number of hydrogen-bond donors (Lipinski definition) is 1. The van der Waals surface area contributed by atoms with Gasteiger partial charge in [0.15, 0.2) is 0 Å². The molecule has 0 aromatic heterocycles. The van der Waals surface area contributed by atoms with Gasteiger partial charge in [0.05, 0.1) is 0 Å². The molecule has 0 aliphatic heterocycles. The fourth-order valence-corrected chi connectivity index (χ4v) is 1.73. The Morgan fingerprint density at radius 2 is 1.94 bits per heavy atom. The number of hydrogen-bond acceptors (Lipinski definition) is 1. The first-order valence-corrected chi connectivity index (χ1v) is 6.25. The Labute approximate surface area is 104 Å². The highest BCUT2D eigenvalue weighted by Gasteiger charge is 2.06. The van der Waals surface area contributed by atoms with E-state index < -0.39 is 0 Å². The van der Waals surface area contributed by atoms with Crippen molar-refractivity contribution in [3.05, 3.63) is 41.5 Å². The molecule has 92 valence electrons. The number of nitrogens with one attached hydrogen (secondary N) is 1. The van der Waals surface area contributed by atoms with E-state index in [0.717, 1.165) is 24.0 Å². The molecule has 0 saturated heterocycles. The van der Waals surface area contributed by atoms with Gasteiger partial charge in [-0.25, -0.2) is 0 Å². The minimum absolute atomic E-state index is 0.0324. The van der Waals surface area contributed by atoms with E-state index in [2.05, 4.69) is 12.2 Å². The highest BCUT2D eigenvalue weighted by atomic mass is 16.1. The van der Waals surface area contributed by atoms with Gasteiger partial charge < -0.3 is 5.32 Å². The van der Waals surface area contributed by atoms with Crippen LogP contribution < -0.4 is 5.32 Å². The molecule has 0 aliphatic rings. The smallest absolute Gasteiger partial charge is 0.246 e. The molecule has 0 heterocycles. The summed E-state index contributed by atoms with van der Waals surface area (Å²) in [6, 6.07) is 9.98. The van der Waals surface area contributed by atoms with Crippen molar-refractivity contribution >= 4 is 12.0 Å². The topological polar surface area (TPSA) is 29.1 Å². The number of likely N-dealkylation sites (N-methyl/N-ethyl adjacent to an activating group) is 1. The number of carbonyl (C=O) groups is 1. The van der Waals surface area contributed by atoms with E-state index in [1.807, 2.05) is 36.4 Å². The molecule has 0 unspecified atom stereocenters. The first-order valence-electron chi connectivity index (χ1n) is 6.25. The summed E-state index contributed by atoms with van der Waals surface area (Å²) in [6.07, 6.45) is 6.25. The number of rotatable bonds is 6. The predicted octanol–water partition coefficient (Wildman–Crippen LogP) is 3.40. The molecular weight excluding hydrogens is 210 g/mol. The second kappa shape index (κ2) is 7.66. The van der Waals surface area contributed by atoms with Crippen LogP contribution in [0.3, 0.4) is 0 Å². The third kappa shape index (κ3) is 4.85. The van der Waals surface area contributed by atoms with Crippen molar-refractivity contribution in [3.8, 4) is 0 Å². The van der Waals surface area contributed by atoms with Crippen LogP contribution in [0, 0.1) is 0 Å². The lowest BCUT2D eigenvalue weighted by atomic mass is 10.0. The van der Waals surface area contributed by atoms with Crippen molar-refractivity contribution in [2.75, 3.05) is 7.05 Å². The van der Waals surface area contributed by atoms with E-state index in [9.17, 15) is 4.79 Å². The summed E-state index contributed by atoms with van der Waals surface area (Å²) in [7, 11) is 1.68. The zero-order chi connectivity index (χ0) is 12.5. The van der Waals surface area contributed by atoms with Crippen LogP contribution in [0.15, 0.2) is 35.9 Å². The maximum atomic E-state index is 11.7. The normalized spacial score (nSPS) is 11.3. The molecule has 1 N–H and O–H groups in total. The van der Waals surface area contributed by atoms with E-state index >= 15 is 0 Å². The van der Waals surface area contributed by atoms with Crippen molar-refractivity contribution in [2.24, 2.45) is 0 Å². The van der Waals surface area contributed by atoms with Gasteiger partial charge >= 0.3 is 0 Å². The molecule has 0 spiro atoms. The van der Waals surface area contributed by atoms with Crippen molar-refractivity contribution < 1.29 is 4.79 Å². The van der Waals surface area contributed by atoms with Crippen molar-refractivity contribution in [2.45, 2.75) is 32.6 Å². The average molecular weight is 231 g/mol.